The number of halogens is 5. The van der Waals surface area contributed by atoms with Crippen molar-refractivity contribution in [2.45, 2.75) is 32.2 Å². The molecule has 0 amide bonds. The first-order valence-electron chi connectivity index (χ1n) is 9.90. The van der Waals surface area contributed by atoms with Crippen LogP contribution in [0, 0.1) is 12.7 Å². The number of carbonyl (C=O) groups excluding carboxylic acids is 1. The van der Waals surface area contributed by atoms with Crippen molar-refractivity contribution in [1.29, 1.82) is 0 Å². The average Bonchev–Trinajstić information content (AvgIpc) is 2.75. The van der Waals surface area contributed by atoms with E-state index in [4.69, 9.17) is 11.6 Å². The molecule has 0 bridgehead atoms. The molecule has 0 saturated heterocycles. The third kappa shape index (κ3) is 8.57. The molecule has 0 aliphatic carbocycles. The molecule has 1 unspecified atom stereocenters. The summed E-state index contributed by atoms with van der Waals surface area (Å²) in [6.07, 6.45) is -4.80. The van der Waals surface area contributed by atoms with E-state index in [2.05, 4.69) is 29.4 Å². The molecule has 33 heavy (non-hydrogen) atoms. The van der Waals surface area contributed by atoms with Crippen LogP contribution in [0.2, 0.25) is 5.02 Å². The van der Waals surface area contributed by atoms with Crippen LogP contribution < -0.4 is 5.32 Å². The van der Waals surface area contributed by atoms with Gasteiger partial charge in [-0.15, -0.1) is 0 Å². The van der Waals surface area contributed by atoms with E-state index in [1.807, 2.05) is 18.2 Å². The van der Waals surface area contributed by atoms with E-state index in [0.717, 1.165) is 12.1 Å². The van der Waals surface area contributed by atoms with Crippen LogP contribution in [0.1, 0.15) is 35.3 Å². The maximum atomic E-state index is 13.8. The maximum Gasteiger partial charge on any atom is 0.416 e. The molecule has 9 heteroatoms. The average molecular weight is 483 g/mol. The summed E-state index contributed by atoms with van der Waals surface area (Å²) >= 11 is 5.77. The number of alkyl halides is 3. The van der Waals surface area contributed by atoms with Crippen LogP contribution in [-0.4, -0.2) is 28.5 Å². The minimum atomic E-state index is -4.73. The molecule has 0 radical (unpaired) electrons. The van der Waals surface area contributed by atoms with Gasteiger partial charge in [0.1, 0.15) is 11.9 Å². The number of Topliss-reactive ketones (excluding diaryl/α,β-unsaturated/α-hetero) is 1. The number of aliphatic hydroxyl groups excluding tert-OH is 1. The van der Waals surface area contributed by atoms with Crippen molar-refractivity contribution in [3.63, 3.8) is 0 Å². The van der Waals surface area contributed by atoms with Crippen molar-refractivity contribution in [2.75, 3.05) is 6.54 Å². The van der Waals surface area contributed by atoms with Crippen molar-refractivity contribution >= 4 is 17.4 Å². The van der Waals surface area contributed by atoms with Crippen LogP contribution in [0.3, 0.4) is 0 Å². The number of nitrogens with one attached hydrogen (secondary N) is 1. The van der Waals surface area contributed by atoms with Gasteiger partial charge in [0.2, 0.25) is 0 Å². The largest absolute Gasteiger partial charge is 0.416 e. The van der Waals surface area contributed by atoms with Crippen LogP contribution >= 0.6 is 11.6 Å². The van der Waals surface area contributed by atoms with Crippen LogP contribution in [-0.2, 0) is 11.0 Å². The van der Waals surface area contributed by atoms with Crippen LogP contribution in [0.5, 0.6) is 0 Å². The fourth-order valence-electron chi connectivity index (χ4n) is 2.80. The second-order valence-electron chi connectivity index (χ2n) is 7.29. The van der Waals surface area contributed by atoms with Crippen molar-refractivity contribution < 1.29 is 27.5 Å². The summed E-state index contributed by atoms with van der Waals surface area (Å²) in [6, 6.07) is 14.3. The fourth-order valence-corrected chi connectivity index (χ4v) is 2.91. The lowest BCUT2D eigenvalue weighted by Gasteiger charge is -2.21. The molecule has 4 nitrogen and oxygen atoms in total. The van der Waals surface area contributed by atoms with Gasteiger partial charge < -0.3 is 10.4 Å². The van der Waals surface area contributed by atoms with E-state index in [1.165, 1.54) is 30.8 Å². The number of nitrogens with zero attached hydrogens (tertiary/aromatic N) is 1. The summed E-state index contributed by atoms with van der Waals surface area (Å²) in [4.78, 5) is 15.2. The lowest BCUT2D eigenvalue weighted by atomic mass is 9.99. The highest BCUT2D eigenvalue weighted by atomic mass is 35.5. The molecule has 176 valence electrons. The number of hydrogen-bond donors (Lipinski definition) is 2. The first-order chi connectivity index (χ1) is 15.5. The van der Waals surface area contributed by atoms with Crippen LogP contribution in [0.4, 0.5) is 17.6 Å². The van der Waals surface area contributed by atoms with Gasteiger partial charge in [-0.1, -0.05) is 47.5 Å². The zero-order valence-electron chi connectivity index (χ0n) is 17.9. The summed E-state index contributed by atoms with van der Waals surface area (Å²) in [6.45, 7) is 3.01. The van der Waals surface area contributed by atoms with Gasteiger partial charge in [-0.05, 0) is 49.7 Å². The third-order valence-electron chi connectivity index (χ3n) is 4.55. The number of ketones is 1. The minimum Gasteiger partial charge on any atom is -0.384 e. The molecule has 0 aliphatic heterocycles. The van der Waals surface area contributed by atoms with Gasteiger partial charge in [-0.25, -0.2) is 4.39 Å². The van der Waals surface area contributed by atoms with Crippen molar-refractivity contribution in [3.05, 3.63) is 100 Å². The van der Waals surface area contributed by atoms with Gasteiger partial charge in [0.15, 0.2) is 5.78 Å². The van der Waals surface area contributed by atoms with Crippen LogP contribution in [0.15, 0.2) is 66.9 Å². The smallest absolute Gasteiger partial charge is 0.384 e. The standard InChI is InChI=1S/C17H15ClF4N2O2.C7H8/c1-9(25)15(26)8-24-16(14-3-2-12(18)7-23-14)10-4-11(17(20,21)22)6-13(19)5-10;1-7-5-3-2-4-6-7/h2-7,15-16,24,26H,8H2,1H3;2-6H,1H3/t15?,16-;/m0./s1. The number of carbonyl (C=O) groups is 1. The molecule has 2 atom stereocenters. The normalized spacial score (nSPS) is 13.0. The van der Waals surface area contributed by atoms with Gasteiger partial charge in [-0.3, -0.25) is 9.78 Å². The molecule has 2 N–H and O–H groups in total. The monoisotopic (exact) mass is 482 g/mol. The fraction of sp³-hybridized carbons (Fsp3) is 0.250. The molecule has 2 aromatic carbocycles. The number of aromatic nitrogens is 1. The Bertz CT molecular complexity index is 1040. The molecule has 0 fully saturated rings. The highest BCUT2D eigenvalue weighted by Gasteiger charge is 2.32. The highest BCUT2D eigenvalue weighted by Crippen LogP contribution is 2.33. The van der Waals surface area contributed by atoms with Gasteiger partial charge in [0.25, 0.3) is 0 Å². The summed E-state index contributed by atoms with van der Waals surface area (Å²) in [5.41, 5.74) is 0.370. The Balaban J connectivity index is 0.000000468. The van der Waals surface area contributed by atoms with E-state index in [-0.39, 0.29) is 17.8 Å². The minimum absolute atomic E-state index is 0.0529. The summed E-state index contributed by atoms with van der Waals surface area (Å²) < 4.78 is 52.7. The Kier molecular flexibility index (Phi) is 9.52. The van der Waals surface area contributed by atoms with E-state index >= 15 is 0 Å². The summed E-state index contributed by atoms with van der Waals surface area (Å²) in [5, 5.41) is 12.7. The number of aryl methyl sites for hydroxylation is 1. The van der Waals surface area contributed by atoms with Crippen LogP contribution in [0.25, 0.3) is 0 Å². The Morgan fingerprint density at radius 2 is 1.79 bits per heavy atom. The molecular weight excluding hydrogens is 460 g/mol. The number of benzene rings is 2. The zero-order valence-corrected chi connectivity index (χ0v) is 18.7. The second kappa shape index (κ2) is 11.9. The molecule has 0 spiro atoms. The predicted octanol–water partition coefficient (Wildman–Crippen LogP) is 5.52. The number of pyridine rings is 1. The summed E-state index contributed by atoms with van der Waals surface area (Å²) in [7, 11) is 0. The summed E-state index contributed by atoms with van der Waals surface area (Å²) in [5.74, 6) is -1.58. The van der Waals surface area contributed by atoms with Crippen molar-refractivity contribution in [1.82, 2.24) is 10.3 Å². The predicted molar refractivity (Wildman–Crippen MR) is 118 cm³/mol. The Morgan fingerprint density at radius 3 is 2.27 bits per heavy atom. The molecule has 0 saturated carbocycles. The Hall–Kier alpha value is -2.81. The van der Waals surface area contributed by atoms with Crippen molar-refractivity contribution in [2.24, 2.45) is 0 Å². The second-order valence-corrected chi connectivity index (χ2v) is 7.73. The van der Waals surface area contributed by atoms with E-state index in [0.29, 0.717) is 11.1 Å². The highest BCUT2D eigenvalue weighted by molar-refractivity contribution is 6.30. The zero-order chi connectivity index (χ0) is 24.6. The van der Waals surface area contributed by atoms with Gasteiger partial charge in [0, 0.05) is 12.7 Å². The Morgan fingerprint density at radius 1 is 1.12 bits per heavy atom. The van der Waals surface area contributed by atoms with Gasteiger partial charge >= 0.3 is 6.18 Å². The van der Waals surface area contributed by atoms with Crippen molar-refractivity contribution in [3.8, 4) is 0 Å². The number of rotatable bonds is 6. The molecule has 3 rings (SSSR count). The SMILES string of the molecule is CC(=O)C(O)CN[C@@H](c1cc(F)cc(C(F)(F)F)c1)c1ccc(Cl)cn1.Cc1ccccc1. The van der Waals surface area contributed by atoms with E-state index in [9.17, 15) is 27.5 Å². The van der Waals surface area contributed by atoms with Gasteiger partial charge in [-0.2, -0.15) is 13.2 Å². The lowest BCUT2D eigenvalue weighted by Crippen LogP contribution is -2.35. The first kappa shape index (κ1) is 26.4. The van der Waals surface area contributed by atoms with E-state index in [1.54, 1.807) is 0 Å². The molecule has 1 aromatic heterocycles. The maximum absolute atomic E-state index is 13.8. The number of hydrogen-bond acceptors (Lipinski definition) is 4. The quantitative estimate of drug-likeness (QED) is 0.454. The third-order valence-corrected chi connectivity index (χ3v) is 4.78. The topological polar surface area (TPSA) is 62.2 Å². The molecule has 3 aromatic rings. The number of aliphatic hydroxyl groups is 1. The van der Waals surface area contributed by atoms with E-state index < -0.39 is 35.5 Å². The Labute approximate surface area is 194 Å². The first-order valence-corrected chi connectivity index (χ1v) is 10.3. The molecular formula is C24H23ClF4N2O2. The van der Waals surface area contributed by atoms with Gasteiger partial charge in [0.05, 0.1) is 22.3 Å². The molecule has 0 aliphatic rings. The molecule has 1 heterocycles. The lowest BCUT2D eigenvalue weighted by molar-refractivity contribution is -0.137.